The molecule has 1 aromatic heterocycles. The highest BCUT2D eigenvalue weighted by molar-refractivity contribution is 6.30. The average Bonchev–Trinajstić information content (AvgIpc) is 2.70. The van der Waals surface area contributed by atoms with Gasteiger partial charge in [-0.15, -0.1) is 0 Å². The number of hydrogen-bond acceptors (Lipinski definition) is 3. The molecule has 1 fully saturated rings. The Hall–Kier alpha value is -1.65. The minimum absolute atomic E-state index is 0.0470. The van der Waals surface area contributed by atoms with Gasteiger partial charge in [-0.25, -0.2) is 4.98 Å². The molecule has 0 spiro atoms. The molecule has 0 N–H and O–H groups in total. The molecule has 0 atom stereocenters. The smallest absolute Gasteiger partial charge is 0.254 e. The second kappa shape index (κ2) is 6.00. The van der Waals surface area contributed by atoms with Gasteiger partial charge in [0.25, 0.3) is 5.91 Å². The average molecular weight is 304 g/mol. The van der Waals surface area contributed by atoms with Crippen molar-refractivity contribution in [2.75, 3.05) is 33.2 Å². The summed E-state index contributed by atoms with van der Waals surface area (Å²) in [5.74, 6) is 0.0470. The normalized spacial score (nSPS) is 17.0. The van der Waals surface area contributed by atoms with Gasteiger partial charge in [0.2, 0.25) is 0 Å². The largest absolute Gasteiger partial charge is 0.337 e. The van der Waals surface area contributed by atoms with Gasteiger partial charge in [-0.3, -0.25) is 4.79 Å². The number of fused-ring (bicyclic) bond motifs is 1. The van der Waals surface area contributed by atoms with Crippen LogP contribution in [0.25, 0.3) is 10.9 Å². The third-order valence-electron chi connectivity index (χ3n) is 3.92. The van der Waals surface area contributed by atoms with Crippen LogP contribution in [-0.2, 0) is 0 Å². The highest BCUT2D eigenvalue weighted by atomic mass is 35.5. The van der Waals surface area contributed by atoms with Crippen molar-refractivity contribution in [2.45, 2.75) is 6.42 Å². The second-order valence-electron chi connectivity index (χ2n) is 5.46. The zero-order chi connectivity index (χ0) is 14.8. The zero-order valence-corrected chi connectivity index (χ0v) is 12.8. The van der Waals surface area contributed by atoms with Gasteiger partial charge in [-0.2, -0.15) is 0 Å². The molecule has 2 aromatic rings. The van der Waals surface area contributed by atoms with E-state index < -0.39 is 0 Å². The van der Waals surface area contributed by atoms with Gasteiger partial charge in [-0.05, 0) is 32.1 Å². The first-order chi connectivity index (χ1) is 10.1. The Morgan fingerprint density at radius 1 is 1.19 bits per heavy atom. The Morgan fingerprint density at radius 3 is 2.86 bits per heavy atom. The van der Waals surface area contributed by atoms with Gasteiger partial charge in [-0.1, -0.05) is 29.8 Å². The van der Waals surface area contributed by atoms with Crippen molar-refractivity contribution in [3.8, 4) is 0 Å². The number of nitrogens with zero attached hydrogens (tertiary/aromatic N) is 3. The van der Waals surface area contributed by atoms with E-state index in [1.807, 2.05) is 29.2 Å². The van der Waals surface area contributed by atoms with Crippen LogP contribution in [0.5, 0.6) is 0 Å². The minimum atomic E-state index is 0.0470. The Balaban J connectivity index is 1.97. The van der Waals surface area contributed by atoms with E-state index in [9.17, 15) is 4.79 Å². The van der Waals surface area contributed by atoms with Gasteiger partial charge >= 0.3 is 0 Å². The number of likely N-dealkylation sites (N-methyl/N-ethyl adjacent to an activating group) is 1. The number of pyridine rings is 1. The SMILES string of the molecule is CN1CCCN(C(=O)c2cc(Cl)nc3ccccc23)CC1. The summed E-state index contributed by atoms with van der Waals surface area (Å²) in [6.07, 6.45) is 0.999. The predicted octanol–water partition coefficient (Wildman–Crippen LogP) is 2.67. The zero-order valence-electron chi connectivity index (χ0n) is 12.1. The van der Waals surface area contributed by atoms with Gasteiger partial charge in [0.1, 0.15) is 5.15 Å². The van der Waals surface area contributed by atoms with E-state index in [-0.39, 0.29) is 5.91 Å². The molecule has 0 saturated carbocycles. The van der Waals surface area contributed by atoms with Crippen molar-refractivity contribution in [2.24, 2.45) is 0 Å². The van der Waals surface area contributed by atoms with E-state index in [1.165, 1.54) is 0 Å². The molecule has 110 valence electrons. The minimum Gasteiger partial charge on any atom is -0.337 e. The van der Waals surface area contributed by atoms with Crippen LogP contribution in [0.3, 0.4) is 0 Å². The number of rotatable bonds is 1. The first-order valence-corrected chi connectivity index (χ1v) is 7.56. The lowest BCUT2D eigenvalue weighted by atomic mass is 10.1. The Kier molecular flexibility index (Phi) is 4.08. The van der Waals surface area contributed by atoms with Crippen molar-refractivity contribution in [1.29, 1.82) is 0 Å². The highest BCUT2D eigenvalue weighted by Crippen LogP contribution is 2.22. The highest BCUT2D eigenvalue weighted by Gasteiger charge is 2.21. The number of aromatic nitrogens is 1. The molecule has 4 nitrogen and oxygen atoms in total. The quantitative estimate of drug-likeness (QED) is 0.760. The maximum Gasteiger partial charge on any atom is 0.254 e. The summed E-state index contributed by atoms with van der Waals surface area (Å²) in [5.41, 5.74) is 1.41. The first-order valence-electron chi connectivity index (χ1n) is 7.18. The maximum atomic E-state index is 12.8. The Morgan fingerprint density at radius 2 is 2.00 bits per heavy atom. The molecular weight excluding hydrogens is 286 g/mol. The molecule has 3 rings (SSSR count). The summed E-state index contributed by atoms with van der Waals surface area (Å²) in [4.78, 5) is 21.3. The lowest BCUT2D eigenvalue weighted by molar-refractivity contribution is 0.0764. The topological polar surface area (TPSA) is 36.4 Å². The summed E-state index contributed by atoms with van der Waals surface area (Å²) in [5, 5.41) is 1.23. The molecule has 0 bridgehead atoms. The molecule has 0 unspecified atom stereocenters. The molecule has 1 aliphatic heterocycles. The molecule has 0 radical (unpaired) electrons. The number of carbonyl (C=O) groups excluding carboxylic acids is 1. The van der Waals surface area contributed by atoms with Crippen molar-refractivity contribution in [1.82, 2.24) is 14.8 Å². The van der Waals surface area contributed by atoms with E-state index in [0.29, 0.717) is 10.7 Å². The van der Waals surface area contributed by atoms with E-state index in [1.54, 1.807) is 6.07 Å². The summed E-state index contributed by atoms with van der Waals surface area (Å²) in [6.45, 7) is 3.48. The molecular formula is C16H18ClN3O. The van der Waals surface area contributed by atoms with Crippen molar-refractivity contribution < 1.29 is 4.79 Å². The number of halogens is 1. The fraction of sp³-hybridized carbons (Fsp3) is 0.375. The van der Waals surface area contributed by atoms with Crippen molar-refractivity contribution >= 4 is 28.4 Å². The lowest BCUT2D eigenvalue weighted by Crippen LogP contribution is -2.34. The molecule has 5 heteroatoms. The molecule has 1 aromatic carbocycles. The van der Waals surface area contributed by atoms with Gasteiger partial charge in [0.15, 0.2) is 0 Å². The standard InChI is InChI=1S/C16H18ClN3O/c1-19-7-4-8-20(10-9-19)16(21)13-11-15(17)18-14-6-3-2-5-12(13)14/h2-3,5-6,11H,4,7-10H2,1H3. The molecule has 2 heterocycles. The van der Waals surface area contributed by atoms with Crippen LogP contribution in [0.2, 0.25) is 5.15 Å². The molecule has 1 aliphatic rings. The summed E-state index contributed by atoms with van der Waals surface area (Å²) < 4.78 is 0. The third-order valence-corrected chi connectivity index (χ3v) is 4.12. The van der Waals surface area contributed by atoms with E-state index in [4.69, 9.17) is 11.6 Å². The Bertz CT molecular complexity index is 674. The first kappa shape index (κ1) is 14.3. The van der Waals surface area contributed by atoms with Gasteiger partial charge < -0.3 is 9.80 Å². The molecule has 0 aliphatic carbocycles. The van der Waals surface area contributed by atoms with Crippen LogP contribution in [0.15, 0.2) is 30.3 Å². The summed E-state index contributed by atoms with van der Waals surface area (Å²) in [6, 6.07) is 9.32. The molecule has 1 amide bonds. The number of benzene rings is 1. The lowest BCUT2D eigenvalue weighted by Gasteiger charge is -2.21. The molecule has 1 saturated heterocycles. The van der Waals surface area contributed by atoms with Crippen LogP contribution < -0.4 is 0 Å². The van der Waals surface area contributed by atoms with Crippen LogP contribution in [0, 0.1) is 0 Å². The van der Waals surface area contributed by atoms with Crippen LogP contribution in [0.4, 0.5) is 0 Å². The molecule has 21 heavy (non-hydrogen) atoms. The number of amides is 1. The Labute approximate surface area is 129 Å². The number of para-hydroxylation sites is 1. The van der Waals surface area contributed by atoms with Crippen LogP contribution in [0.1, 0.15) is 16.8 Å². The second-order valence-corrected chi connectivity index (χ2v) is 5.85. The fourth-order valence-electron chi connectivity index (χ4n) is 2.74. The number of carbonyl (C=O) groups is 1. The summed E-state index contributed by atoms with van der Waals surface area (Å²) in [7, 11) is 2.09. The van der Waals surface area contributed by atoms with Crippen molar-refractivity contribution in [3.05, 3.63) is 41.0 Å². The van der Waals surface area contributed by atoms with Gasteiger partial charge in [0.05, 0.1) is 11.1 Å². The third kappa shape index (κ3) is 3.01. The van der Waals surface area contributed by atoms with E-state index in [2.05, 4.69) is 16.9 Å². The van der Waals surface area contributed by atoms with Crippen LogP contribution >= 0.6 is 11.6 Å². The summed E-state index contributed by atoms with van der Waals surface area (Å²) >= 11 is 6.07. The van der Waals surface area contributed by atoms with E-state index >= 15 is 0 Å². The monoisotopic (exact) mass is 303 g/mol. The van der Waals surface area contributed by atoms with E-state index in [0.717, 1.165) is 43.5 Å². The van der Waals surface area contributed by atoms with Crippen molar-refractivity contribution in [3.63, 3.8) is 0 Å². The number of hydrogen-bond donors (Lipinski definition) is 0. The van der Waals surface area contributed by atoms with Crippen LogP contribution in [-0.4, -0.2) is 53.9 Å². The maximum absolute atomic E-state index is 12.8. The van der Waals surface area contributed by atoms with Gasteiger partial charge in [0, 0.05) is 25.0 Å². The fourth-order valence-corrected chi connectivity index (χ4v) is 2.94. The predicted molar refractivity (Wildman–Crippen MR) is 84.8 cm³/mol.